The van der Waals surface area contributed by atoms with Crippen molar-refractivity contribution in [2.45, 2.75) is 39.2 Å². The second-order valence-electron chi connectivity index (χ2n) is 5.36. The Balaban J connectivity index is 2.65. The predicted octanol–water partition coefficient (Wildman–Crippen LogP) is 2.53. The van der Waals surface area contributed by atoms with E-state index < -0.39 is 5.91 Å². The van der Waals surface area contributed by atoms with Crippen LogP contribution in [-0.2, 0) is 4.79 Å². The number of rotatable bonds is 7. The Kier molecular flexibility index (Phi) is 6.65. The van der Waals surface area contributed by atoms with E-state index in [0.29, 0.717) is 16.3 Å². The zero-order valence-electron chi connectivity index (χ0n) is 12.4. The zero-order chi connectivity index (χ0) is 16.0. The first-order chi connectivity index (χ1) is 9.81. The van der Waals surface area contributed by atoms with Gasteiger partial charge in [-0.1, -0.05) is 24.9 Å². The minimum atomic E-state index is -0.563. The third-order valence-electron chi connectivity index (χ3n) is 3.25. The summed E-state index contributed by atoms with van der Waals surface area (Å²) in [6.45, 7) is 3.79. The van der Waals surface area contributed by atoms with E-state index in [9.17, 15) is 9.59 Å². The highest BCUT2D eigenvalue weighted by Gasteiger charge is 2.15. The summed E-state index contributed by atoms with van der Waals surface area (Å²) in [6.07, 6.45) is 2.53. The van der Waals surface area contributed by atoms with Crippen LogP contribution in [0.2, 0.25) is 5.02 Å². The second-order valence-corrected chi connectivity index (χ2v) is 5.76. The van der Waals surface area contributed by atoms with Gasteiger partial charge in [0.15, 0.2) is 0 Å². The number of hydrogen-bond donors (Lipinski definition) is 3. The van der Waals surface area contributed by atoms with E-state index in [1.165, 1.54) is 18.2 Å². The molecule has 0 heterocycles. The number of primary amides is 1. The van der Waals surface area contributed by atoms with Gasteiger partial charge in [0, 0.05) is 17.5 Å². The van der Waals surface area contributed by atoms with Gasteiger partial charge in [0.25, 0.3) is 0 Å². The molecule has 5 nitrogen and oxygen atoms in total. The molecule has 2 atom stereocenters. The van der Waals surface area contributed by atoms with E-state index in [1.807, 2.05) is 13.8 Å². The fraction of sp³-hybridized carbons (Fsp3) is 0.467. The highest BCUT2D eigenvalue weighted by atomic mass is 35.5. The Morgan fingerprint density at radius 1 is 1.29 bits per heavy atom. The summed E-state index contributed by atoms with van der Waals surface area (Å²) in [4.78, 5) is 23.2. The molecule has 0 radical (unpaired) electrons. The molecule has 0 saturated carbocycles. The van der Waals surface area contributed by atoms with Gasteiger partial charge < -0.3 is 16.8 Å². The monoisotopic (exact) mass is 311 g/mol. The molecule has 0 saturated heterocycles. The van der Waals surface area contributed by atoms with Crippen LogP contribution in [-0.4, -0.2) is 17.9 Å². The van der Waals surface area contributed by atoms with Gasteiger partial charge in [-0.25, -0.2) is 0 Å². The SMILES string of the molecule is CC(N)CCCC(C)C(=O)Nc1cc(C(N)=O)ccc1Cl. The maximum atomic E-state index is 12.1. The van der Waals surface area contributed by atoms with Gasteiger partial charge in [0.05, 0.1) is 10.7 Å². The Bertz CT molecular complexity index is 518. The number of nitrogens with one attached hydrogen (secondary N) is 1. The molecule has 0 aliphatic heterocycles. The molecule has 0 aliphatic rings. The van der Waals surface area contributed by atoms with Crippen LogP contribution < -0.4 is 16.8 Å². The Morgan fingerprint density at radius 3 is 2.52 bits per heavy atom. The lowest BCUT2D eigenvalue weighted by atomic mass is 10.0. The molecule has 2 amide bonds. The van der Waals surface area contributed by atoms with Gasteiger partial charge in [0.2, 0.25) is 11.8 Å². The molecule has 0 spiro atoms. The number of halogens is 1. The van der Waals surface area contributed by atoms with Crippen molar-refractivity contribution in [1.82, 2.24) is 0 Å². The number of carbonyl (C=O) groups is 2. The van der Waals surface area contributed by atoms with Crippen LogP contribution in [0.1, 0.15) is 43.5 Å². The highest BCUT2D eigenvalue weighted by Crippen LogP contribution is 2.24. The average Bonchev–Trinajstić information content (AvgIpc) is 2.40. The van der Waals surface area contributed by atoms with Crippen LogP contribution in [0.25, 0.3) is 0 Å². The van der Waals surface area contributed by atoms with Crippen molar-refractivity contribution in [2.24, 2.45) is 17.4 Å². The van der Waals surface area contributed by atoms with Gasteiger partial charge in [-0.3, -0.25) is 9.59 Å². The highest BCUT2D eigenvalue weighted by molar-refractivity contribution is 6.33. The standard InChI is InChI=1S/C15H22ClN3O2/c1-9(4-3-5-10(2)17)15(21)19-13-8-11(14(18)20)6-7-12(13)16/h6-10H,3-5,17H2,1-2H3,(H2,18,20)(H,19,21). The number of nitrogens with two attached hydrogens (primary N) is 2. The molecule has 1 aromatic rings. The maximum Gasteiger partial charge on any atom is 0.248 e. The summed E-state index contributed by atoms with van der Waals surface area (Å²) in [6, 6.07) is 4.68. The molecule has 6 heteroatoms. The maximum absolute atomic E-state index is 12.1. The lowest BCUT2D eigenvalue weighted by molar-refractivity contribution is -0.119. The summed E-state index contributed by atoms with van der Waals surface area (Å²) in [7, 11) is 0. The van der Waals surface area contributed by atoms with Crippen LogP contribution in [0.15, 0.2) is 18.2 Å². The van der Waals surface area contributed by atoms with Crippen LogP contribution in [0, 0.1) is 5.92 Å². The van der Waals surface area contributed by atoms with Crippen LogP contribution >= 0.6 is 11.6 Å². The van der Waals surface area contributed by atoms with E-state index in [-0.39, 0.29) is 17.9 Å². The molecule has 5 N–H and O–H groups in total. The van der Waals surface area contributed by atoms with Gasteiger partial charge in [-0.15, -0.1) is 0 Å². The summed E-state index contributed by atoms with van der Waals surface area (Å²) < 4.78 is 0. The Hall–Kier alpha value is -1.59. The molecule has 1 rings (SSSR count). The molecular weight excluding hydrogens is 290 g/mol. The minimum absolute atomic E-state index is 0.136. The second kappa shape index (κ2) is 8.00. The molecule has 2 unspecified atom stereocenters. The van der Waals surface area contributed by atoms with E-state index in [4.69, 9.17) is 23.1 Å². The molecule has 21 heavy (non-hydrogen) atoms. The van der Waals surface area contributed by atoms with E-state index in [2.05, 4.69) is 5.32 Å². The van der Waals surface area contributed by atoms with Crippen molar-refractivity contribution in [3.8, 4) is 0 Å². The van der Waals surface area contributed by atoms with Crippen molar-refractivity contribution in [2.75, 3.05) is 5.32 Å². The molecule has 0 aromatic heterocycles. The van der Waals surface area contributed by atoms with Crippen molar-refractivity contribution >= 4 is 29.1 Å². The quantitative estimate of drug-likeness (QED) is 0.721. The van der Waals surface area contributed by atoms with Gasteiger partial charge >= 0.3 is 0 Å². The molecule has 1 aromatic carbocycles. The molecule has 116 valence electrons. The Labute approximate surface area is 130 Å². The lowest BCUT2D eigenvalue weighted by Gasteiger charge is -2.14. The number of benzene rings is 1. The number of carbonyl (C=O) groups excluding carboxylic acids is 2. The van der Waals surface area contributed by atoms with Crippen molar-refractivity contribution in [1.29, 1.82) is 0 Å². The summed E-state index contributed by atoms with van der Waals surface area (Å²) in [5.74, 6) is -0.854. The van der Waals surface area contributed by atoms with Crippen molar-refractivity contribution < 1.29 is 9.59 Å². The molecular formula is C15H22ClN3O2. The molecule has 0 bridgehead atoms. The summed E-state index contributed by atoms with van der Waals surface area (Å²) in [5.41, 5.74) is 11.6. The zero-order valence-corrected chi connectivity index (χ0v) is 13.1. The first-order valence-electron chi connectivity index (χ1n) is 6.97. The van der Waals surface area contributed by atoms with Gasteiger partial charge in [0.1, 0.15) is 0 Å². The average molecular weight is 312 g/mol. The van der Waals surface area contributed by atoms with E-state index in [1.54, 1.807) is 0 Å². The van der Waals surface area contributed by atoms with Gasteiger partial charge in [-0.05, 0) is 38.0 Å². The molecule has 0 aliphatic carbocycles. The van der Waals surface area contributed by atoms with Crippen LogP contribution in [0.4, 0.5) is 5.69 Å². The van der Waals surface area contributed by atoms with Crippen LogP contribution in [0.3, 0.4) is 0 Å². The molecule has 0 fully saturated rings. The van der Waals surface area contributed by atoms with Gasteiger partial charge in [-0.2, -0.15) is 0 Å². The van der Waals surface area contributed by atoms with E-state index in [0.717, 1.165) is 19.3 Å². The number of hydrogen-bond acceptors (Lipinski definition) is 3. The van der Waals surface area contributed by atoms with Crippen molar-refractivity contribution in [3.63, 3.8) is 0 Å². The summed E-state index contributed by atoms with van der Waals surface area (Å²) in [5, 5.41) is 3.10. The summed E-state index contributed by atoms with van der Waals surface area (Å²) >= 11 is 6.01. The third kappa shape index (κ3) is 5.73. The fourth-order valence-electron chi connectivity index (χ4n) is 1.91. The Morgan fingerprint density at radius 2 is 1.95 bits per heavy atom. The third-order valence-corrected chi connectivity index (χ3v) is 3.58. The lowest BCUT2D eigenvalue weighted by Crippen LogP contribution is -2.22. The topological polar surface area (TPSA) is 98.2 Å². The minimum Gasteiger partial charge on any atom is -0.366 e. The normalized spacial score (nSPS) is 13.5. The predicted molar refractivity (Wildman–Crippen MR) is 85.3 cm³/mol. The number of anilines is 1. The fourth-order valence-corrected chi connectivity index (χ4v) is 2.07. The first-order valence-corrected chi connectivity index (χ1v) is 7.35. The largest absolute Gasteiger partial charge is 0.366 e. The van der Waals surface area contributed by atoms with Crippen LogP contribution in [0.5, 0.6) is 0 Å². The smallest absolute Gasteiger partial charge is 0.248 e. The first kappa shape index (κ1) is 17.5. The number of amides is 2. The van der Waals surface area contributed by atoms with E-state index >= 15 is 0 Å². The van der Waals surface area contributed by atoms with Crippen molar-refractivity contribution in [3.05, 3.63) is 28.8 Å².